The third-order valence-corrected chi connectivity index (χ3v) is 7.62. The van der Waals surface area contributed by atoms with Gasteiger partial charge in [-0.2, -0.15) is 13.2 Å². The molecule has 5 nitrogen and oxygen atoms in total. The molecule has 0 radical (unpaired) electrons. The maximum Gasteiger partial charge on any atom is 0.417 e. The molecule has 0 saturated heterocycles. The number of rotatable bonds is 5. The molecule has 3 aliphatic rings. The van der Waals surface area contributed by atoms with E-state index in [-0.39, 0.29) is 18.4 Å². The molecule has 1 amide bonds. The van der Waals surface area contributed by atoms with E-state index < -0.39 is 11.7 Å². The summed E-state index contributed by atoms with van der Waals surface area (Å²) in [6.45, 7) is 8.05. The molecule has 2 heterocycles. The van der Waals surface area contributed by atoms with Crippen molar-refractivity contribution in [1.29, 1.82) is 0 Å². The van der Waals surface area contributed by atoms with Crippen LogP contribution in [-0.2, 0) is 28.7 Å². The number of ether oxygens (including phenoxy) is 1. The van der Waals surface area contributed by atoms with Crippen molar-refractivity contribution in [3.63, 3.8) is 0 Å². The van der Waals surface area contributed by atoms with Gasteiger partial charge in [-0.05, 0) is 55.6 Å². The molecule has 4 rings (SSSR count). The van der Waals surface area contributed by atoms with Crippen LogP contribution in [0.15, 0.2) is 12.3 Å². The van der Waals surface area contributed by atoms with Gasteiger partial charge in [-0.3, -0.25) is 9.78 Å². The van der Waals surface area contributed by atoms with Gasteiger partial charge in [0.1, 0.15) is 0 Å². The van der Waals surface area contributed by atoms with E-state index in [2.05, 4.69) is 31.1 Å². The second kappa shape index (κ2) is 12.5. The lowest BCUT2D eigenvalue weighted by atomic mass is 9.77. The van der Waals surface area contributed by atoms with Crippen LogP contribution in [0.2, 0.25) is 0 Å². The fraction of sp³-hybridized carbons (Fsp3) is 0.778. The molecule has 2 fully saturated rings. The summed E-state index contributed by atoms with van der Waals surface area (Å²) in [5, 5.41) is 3.84. The van der Waals surface area contributed by atoms with Crippen LogP contribution in [0, 0.1) is 17.8 Å². The number of nitrogens with one attached hydrogen (secondary N) is 1. The molecule has 5 atom stereocenters. The highest BCUT2D eigenvalue weighted by molar-refractivity contribution is 5.79. The second-order valence-corrected chi connectivity index (χ2v) is 10.6. The Morgan fingerprint density at radius 3 is 2.66 bits per heavy atom. The number of hydrogen-bond acceptors (Lipinski definition) is 4. The number of nitrogens with zero attached hydrogens (tertiary/aromatic N) is 2. The molecule has 1 aromatic heterocycles. The summed E-state index contributed by atoms with van der Waals surface area (Å²) in [7, 11) is 1.75. The highest BCUT2D eigenvalue weighted by Crippen LogP contribution is 2.35. The molecular formula is C27H42F3N3O2. The molecule has 5 unspecified atom stereocenters. The van der Waals surface area contributed by atoms with E-state index in [1.165, 1.54) is 25.7 Å². The molecule has 1 aliphatic heterocycles. The van der Waals surface area contributed by atoms with Gasteiger partial charge in [0.2, 0.25) is 5.91 Å². The van der Waals surface area contributed by atoms with E-state index in [0.717, 1.165) is 38.1 Å². The lowest BCUT2D eigenvalue weighted by molar-refractivity contribution is -0.137. The minimum atomic E-state index is -4.42. The van der Waals surface area contributed by atoms with E-state index in [4.69, 9.17) is 4.74 Å². The van der Waals surface area contributed by atoms with Gasteiger partial charge in [0, 0.05) is 56.5 Å². The Morgan fingerprint density at radius 1 is 1.23 bits per heavy atom. The molecule has 198 valence electrons. The van der Waals surface area contributed by atoms with Gasteiger partial charge >= 0.3 is 6.18 Å². The number of halogens is 3. The number of carbonyl (C=O) groups excluding carboxylic acids is 1. The van der Waals surface area contributed by atoms with Gasteiger partial charge in [-0.1, -0.05) is 33.6 Å². The number of pyridine rings is 1. The van der Waals surface area contributed by atoms with Crippen molar-refractivity contribution >= 4 is 5.91 Å². The number of fused-ring (bicyclic) bond motifs is 1. The maximum absolute atomic E-state index is 13.2. The van der Waals surface area contributed by atoms with Crippen molar-refractivity contribution in [2.45, 2.75) is 96.9 Å². The first-order chi connectivity index (χ1) is 16.7. The summed E-state index contributed by atoms with van der Waals surface area (Å²) in [5.41, 5.74) is 0.442. The zero-order valence-corrected chi connectivity index (χ0v) is 21.7. The van der Waals surface area contributed by atoms with Crippen LogP contribution < -0.4 is 5.32 Å². The SMILES string of the molecule is CCC.COCC1CCCC(C)C1NC1CCC(C(=O)N2CCc3ncc(C(F)(F)F)cc3C2)C1. The Morgan fingerprint density at radius 2 is 1.97 bits per heavy atom. The lowest BCUT2D eigenvalue weighted by Gasteiger charge is -2.38. The second-order valence-electron chi connectivity index (χ2n) is 10.6. The molecule has 1 aromatic rings. The third kappa shape index (κ3) is 7.19. The molecular weight excluding hydrogens is 455 g/mol. The Bertz CT molecular complexity index is 830. The van der Waals surface area contributed by atoms with Crippen molar-refractivity contribution in [3.05, 3.63) is 29.1 Å². The van der Waals surface area contributed by atoms with E-state index in [9.17, 15) is 18.0 Å². The van der Waals surface area contributed by atoms with Crippen molar-refractivity contribution in [3.8, 4) is 0 Å². The van der Waals surface area contributed by atoms with Crippen LogP contribution in [0.25, 0.3) is 0 Å². The first kappa shape index (κ1) is 27.9. The van der Waals surface area contributed by atoms with Crippen molar-refractivity contribution in [1.82, 2.24) is 15.2 Å². The standard InChI is InChI=1S/C24H34F3N3O2.C3H8/c1-15-4-3-5-17(14-32-2)22(15)29-20-7-6-16(11-20)23(31)30-9-8-21-18(13-30)10-19(12-28-21)24(25,26)27;1-3-2/h10,12,15-17,20,22,29H,3-9,11,13-14H2,1-2H3;3H2,1-2H3. The fourth-order valence-corrected chi connectivity index (χ4v) is 5.88. The molecule has 8 heteroatoms. The number of amides is 1. The first-order valence-corrected chi connectivity index (χ1v) is 13.3. The van der Waals surface area contributed by atoms with Crippen molar-refractivity contribution in [2.24, 2.45) is 17.8 Å². The maximum atomic E-state index is 13.2. The van der Waals surface area contributed by atoms with E-state index in [0.29, 0.717) is 48.1 Å². The summed E-state index contributed by atoms with van der Waals surface area (Å²) < 4.78 is 44.6. The number of hydrogen-bond donors (Lipinski definition) is 1. The minimum absolute atomic E-state index is 0.0624. The monoisotopic (exact) mass is 497 g/mol. The first-order valence-electron chi connectivity index (χ1n) is 13.3. The summed E-state index contributed by atoms with van der Waals surface area (Å²) in [6, 6.07) is 1.88. The topological polar surface area (TPSA) is 54.5 Å². The molecule has 35 heavy (non-hydrogen) atoms. The average Bonchev–Trinajstić information content (AvgIpc) is 3.29. The summed E-state index contributed by atoms with van der Waals surface area (Å²) in [5.74, 6) is 1.11. The van der Waals surface area contributed by atoms with E-state index in [1.54, 1.807) is 12.0 Å². The highest BCUT2D eigenvalue weighted by Gasteiger charge is 2.38. The fourth-order valence-electron chi connectivity index (χ4n) is 5.88. The van der Waals surface area contributed by atoms with Crippen molar-refractivity contribution in [2.75, 3.05) is 20.3 Å². The van der Waals surface area contributed by atoms with Gasteiger partial charge in [0.05, 0.1) is 12.2 Å². The Balaban J connectivity index is 0.00000108. The largest absolute Gasteiger partial charge is 0.417 e. The summed E-state index contributed by atoms with van der Waals surface area (Å²) >= 11 is 0. The Labute approximate surface area is 208 Å². The zero-order valence-electron chi connectivity index (χ0n) is 21.7. The van der Waals surface area contributed by atoms with Crippen LogP contribution in [0.4, 0.5) is 13.2 Å². The molecule has 1 N–H and O–H groups in total. The average molecular weight is 498 g/mol. The number of alkyl halides is 3. The molecule has 2 saturated carbocycles. The van der Waals surface area contributed by atoms with Gasteiger partial charge in [-0.15, -0.1) is 0 Å². The van der Waals surface area contributed by atoms with Gasteiger partial charge in [0.15, 0.2) is 0 Å². The van der Waals surface area contributed by atoms with Crippen LogP contribution in [0.3, 0.4) is 0 Å². The summed E-state index contributed by atoms with van der Waals surface area (Å²) in [4.78, 5) is 18.9. The predicted octanol–water partition coefficient (Wildman–Crippen LogP) is 5.61. The normalized spacial score (nSPS) is 28.8. The molecule has 0 aromatic carbocycles. The van der Waals surface area contributed by atoms with Crippen LogP contribution in [0.5, 0.6) is 0 Å². The third-order valence-electron chi connectivity index (χ3n) is 7.62. The van der Waals surface area contributed by atoms with Crippen LogP contribution in [-0.4, -0.2) is 48.1 Å². The summed E-state index contributed by atoms with van der Waals surface area (Å²) in [6.07, 6.45) is 4.45. The van der Waals surface area contributed by atoms with Crippen LogP contribution >= 0.6 is 0 Å². The highest BCUT2D eigenvalue weighted by atomic mass is 19.4. The molecule has 0 bridgehead atoms. The number of carbonyl (C=O) groups is 1. The van der Waals surface area contributed by atoms with E-state index in [1.807, 2.05) is 0 Å². The zero-order chi connectivity index (χ0) is 25.6. The van der Waals surface area contributed by atoms with Crippen molar-refractivity contribution < 1.29 is 22.7 Å². The minimum Gasteiger partial charge on any atom is -0.384 e. The van der Waals surface area contributed by atoms with Gasteiger partial charge < -0.3 is 15.0 Å². The van der Waals surface area contributed by atoms with E-state index >= 15 is 0 Å². The molecule has 0 spiro atoms. The number of methoxy groups -OCH3 is 1. The van der Waals surface area contributed by atoms with Gasteiger partial charge in [-0.25, -0.2) is 0 Å². The number of aromatic nitrogens is 1. The lowest BCUT2D eigenvalue weighted by Crippen LogP contribution is -2.49. The molecule has 2 aliphatic carbocycles. The Kier molecular flexibility index (Phi) is 9.99. The quantitative estimate of drug-likeness (QED) is 0.575. The Hall–Kier alpha value is -1.67. The van der Waals surface area contributed by atoms with Crippen LogP contribution in [0.1, 0.15) is 82.5 Å². The smallest absolute Gasteiger partial charge is 0.384 e. The predicted molar refractivity (Wildman–Crippen MR) is 131 cm³/mol. The van der Waals surface area contributed by atoms with Gasteiger partial charge in [0.25, 0.3) is 0 Å².